The maximum absolute atomic E-state index is 11.6. The summed E-state index contributed by atoms with van der Waals surface area (Å²) in [6, 6.07) is 8.82. The molecule has 4 nitrogen and oxygen atoms in total. The van der Waals surface area contributed by atoms with E-state index in [1.54, 1.807) is 29.1 Å². The summed E-state index contributed by atoms with van der Waals surface area (Å²) in [5, 5.41) is 7.31. The second-order valence-electron chi connectivity index (χ2n) is 3.51. The molecule has 1 aromatic carbocycles. The molecule has 0 aliphatic carbocycles. The second kappa shape index (κ2) is 5.39. The standard InChI is InChI=1S/C13H10ClN3O/c1-2-7-15-13(18)12-6-8-17(16-12)11-5-3-4-10(14)9-11/h1,3-6,8-9H,7H2,(H,15,18). The van der Waals surface area contributed by atoms with Crippen LogP contribution in [0, 0.1) is 12.3 Å². The van der Waals surface area contributed by atoms with Gasteiger partial charge in [-0.25, -0.2) is 4.68 Å². The summed E-state index contributed by atoms with van der Waals surface area (Å²) in [6.07, 6.45) is 6.75. The Morgan fingerprint density at radius 2 is 2.33 bits per heavy atom. The second-order valence-corrected chi connectivity index (χ2v) is 3.95. The zero-order chi connectivity index (χ0) is 13.0. The predicted octanol–water partition coefficient (Wildman–Crippen LogP) is 1.89. The van der Waals surface area contributed by atoms with Crippen LogP contribution in [0.4, 0.5) is 0 Å². The van der Waals surface area contributed by atoms with Crippen molar-refractivity contribution in [3.05, 3.63) is 47.2 Å². The van der Waals surface area contributed by atoms with Gasteiger partial charge in [-0.3, -0.25) is 4.79 Å². The molecule has 0 radical (unpaired) electrons. The number of nitrogens with one attached hydrogen (secondary N) is 1. The molecule has 0 saturated heterocycles. The Balaban J connectivity index is 2.21. The number of benzene rings is 1. The average molecular weight is 260 g/mol. The van der Waals surface area contributed by atoms with Gasteiger partial charge in [-0.05, 0) is 24.3 Å². The molecule has 2 aromatic rings. The monoisotopic (exact) mass is 259 g/mol. The summed E-state index contributed by atoms with van der Waals surface area (Å²) in [5.74, 6) is 2.03. The number of terminal acetylenes is 1. The quantitative estimate of drug-likeness (QED) is 0.856. The minimum atomic E-state index is -0.297. The lowest BCUT2D eigenvalue weighted by molar-refractivity contribution is 0.0953. The van der Waals surface area contributed by atoms with E-state index in [2.05, 4.69) is 16.3 Å². The van der Waals surface area contributed by atoms with Crippen molar-refractivity contribution in [2.45, 2.75) is 0 Å². The first-order chi connectivity index (χ1) is 8.70. The minimum Gasteiger partial charge on any atom is -0.340 e. The van der Waals surface area contributed by atoms with Crippen LogP contribution in [0.25, 0.3) is 5.69 Å². The fourth-order valence-corrected chi connectivity index (χ4v) is 1.61. The lowest BCUT2D eigenvalue weighted by atomic mass is 10.3. The van der Waals surface area contributed by atoms with Gasteiger partial charge >= 0.3 is 0 Å². The summed E-state index contributed by atoms with van der Waals surface area (Å²) in [6.45, 7) is 0.183. The molecule has 0 spiro atoms. The molecule has 2 rings (SSSR count). The van der Waals surface area contributed by atoms with Crippen molar-refractivity contribution in [2.75, 3.05) is 6.54 Å². The van der Waals surface area contributed by atoms with Gasteiger partial charge in [-0.1, -0.05) is 23.6 Å². The highest BCUT2D eigenvalue weighted by molar-refractivity contribution is 6.30. The smallest absolute Gasteiger partial charge is 0.272 e. The molecule has 1 N–H and O–H groups in total. The van der Waals surface area contributed by atoms with Crippen LogP contribution in [-0.4, -0.2) is 22.2 Å². The molecule has 90 valence electrons. The van der Waals surface area contributed by atoms with E-state index in [-0.39, 0.29) is 12.5 Å². The molecule has 0 atom stereocenters. The van der Waals surface area contributed by atoms with Crippen LogP contribution in [0.1, 0.15) is 10.5 Å². The van der Waals surface area contributed by atoms with E-state index >= 15 is 0 Å². The topological polar surface area (TPSA) is 46.9 Å². The molecular formula is C13H10ClN3O. The number of nitrogens with zero attached hydrogens (tertiary/aromatic N) is 2. The average Bonchev–Trinajstić information content (AvgIpc) is 2.85. The minimum absolute atomic E-state index is 0.183. The fourth-order valence-electron chi connectivity index (χ4n) is 1.43. The Morgan fingerprint density at radius 1 is 1.50 bits per heavy atom. The van der Waals surface area contributed by atoms with Crippen molar-refractivity contribution in [1.82, 2.24) is 15.1 Å². The van der Waals surface area contributed by atoms with E-state index < -0.39 is 0 Å². The van der Waals surface area contributed by atoms with Crippen LogP contribution >= 0.6 is 11.6 Å². The molecule has 0 bridgehead atoms. The number of amides is 1. The first-order valence-electron chi connectivity index (χ1n) is 5.24. The van der Waals surface area contributed by atoms with Crippen LogP contribution in [0.15, 0.2) is 36.5 Å². The Hall–Kier alpha value is -2.25. The van der Waals surface area contributed by atoms with Gasteiger partial charge in [-0.15, -0.1) is 6.42 Å². The van der Waals surface area contributed by atoms with Crippen LogP contribution in [0.5, 0.6) is 0 Å². The Labute approximate surface area is 110 Å². The van der Waals surface area contributed by atoms with E-state index in [0.717, 1.165) is 5.69 Å². The largest absolute Gasteiger partial charge is 0.340 e. The summed E-state index contributed by atoms with van der Waals surface area (Å²) in [7, 11) is 0. The van der Waals surface area contributed by atoms with E-state index in [4.69, 9.17) is 18.0 Å². The summed E-state index contributed by atoms with van der Waals surface area (Å²) >= 11 is 5.89. The molecular weight excluding hydrogens is 250 g/mol. The molecule has 0 fully saturated rings. The van der Waals surface area contributed by atoms with Gasteiger partial charge in [0.25, 0.3) is 5.91 Å². The molecule has 0 aliphatic rings. The summed E-state index contributed by atoms with van der Waals surface area (Å²) < 4.78 is 1.58. The van der Waals surface area contributed by atoms with E-state index in [0.29, 0.717) is 10.7 Å². The first-order valence-corrected chi connectivity index (χ1v) is 5.62. The third kappa shape index (κ3) is 2.70. The number of hydrogen-bond acceptors (Lipinski definition) is 2. The number of carbonyl (C=O) groups is 1. The molecule has 0 unspecified atom stereocenters. The van der Waals surface area contributed by atoms with Gasteiger partial charge in [0.15, 0.2) is 5.69 Å². The zero-order valence-electron chi connectivity index (χ0n) is 9.43. The Morgan fingerprint density at radius 3 is 3.06 bits per heavy atom. The molecule has 18 heavy (non-hydrogen) atoms. The van der Waals surface area contributed by atoms with Gasteiger partial charge in [0, 0.05) is 11.2 Å². The highest BCUT2D eigenvalue weighted by Gasteiger charge is 2.09. The highest BCUT2D eigenvalue weighted by atomic mass is 35.5. The lowest BCUT2D eigenvalue weighted by Gasteiger charge is -2.01. The number of aromatic nitrogens is 2. The van der Waals surface area contributed by atoms with Gasteiger partial charge in [0.1, 0.15) is 0 Å². The number of hydrogen-bond donors (Lipinski definition) is 1. The van der Waals surface area contributed by atoms with Crippen LogP contribution in [0.3, 0.4) is 0 Å². The lowest BCUT2D eigenvalue weighted by Crippen LogP contribution is -2.24. The van der Waals surface area contributed by atoms with Gasteiger partial charge in [-0.2, -0.15) is 5.10 Å². The molecule has 1 aromatic heterocycles. The van der Waals surface area contributed by atoms with Crippen molar-refractivity contribution in [3.8, 4) is 18.0 Å². The Bertz CT molecular complexity index is 613. The third-order valence-corrected chi connectivity index (χ3v) is 2.48. The van der Waals surface area contributed by atoms with Gasteiger partial charge in [0.05, 0.1) is 12.2 Å². The summed E-state index contributed by atoms with van der Waals surface area (Å²) in [5.41, 5.74) is 1.10. The van der Waals surface area contributed by atoms with Crippen molar-refractivity contribution in [2.24, 2.45) is 0 Å². The molecule has 1 amide bonds. The molecule has 0 aliphatic heterocycles. The van der Waals surface area contributed by atoms with E-state index in [1.165, 1.54) is 0 Å². The van der Waals surface area contributed by atoms with Gasteiger partial charge < -0.3 is 5.32 Å². The maximum atomic E-state index is 11.6. The Kier molecular flexibility index (Phi) is 3.66. The predicted molar refractivity (Wildman–Crippen MR) is 69.7 cm³/mol. The first kappa shape index (κ1) is 12.2. The van der Waals surface area contributed by atoms with Gasteiger partial charge in [0.2, 0.25) is 0 Å². The van der Waals surface area contributed by atoms with Crippen molar-refractivity contribution in [1.29, 1.82) is 0 Å². The number of halogens is 1. The van der Waals surface area contributed by atoms with Crippen LogP contribution in [-0.2, 0) is 0 Å². The molecule has 5 heteroatoms. The number of carbonyl (C=O) groups excluding carboxylic acids is 1. The van der Waals surface area contributed by atoms with Crippen LogP contribution < -0.4 is 5.32 Å². The van der Waals surface area contributed by atoms with Crippen molar-refractivity contribution in [3.63, 3.8) is 0 Å². The van der Waals surface area contributed by atoms with E-state index in [9.17, 15) is 4.79 Å². The van der Waals surface area contributed by atoms with Crippen molar-refractivity contribution >= 4 is 17.5 Å². The third-order valence-electron chi connectivity index (χ3n) is 2.25. The molecule has 1 heterocycles. The number of rotatable bonds is 3. The maximum Gasteiger partial charge on any atom is 0.272 e. The molecule has 0 saturated carbocycles. The van der Waals surface area contributed by atoms with Crippen molar-refractivity contribution < 1.29 is 4.79 Å². The van der Waals surface area contributed by atoms with E-state index in [1.807, 2.05) is 12.1 Å². The SMILES string of the molecule is C#CCNC(=O)c1ccn(-c2cccc(Cl)c2)n1. The normalized spacial score (nSPS) is 9.78. The summed E-state index contributed by atoms with van der Waals surface area (Å²) in [4.78, 5) is 11.6. The highest BCUT2D eigenvalue weighted by Crippen LogP contribution is 2.14. The van der Waals surface area contributed by atoms with Crippen LogP contribution in [0.2, 0.25) is 5.02 Å². The fraction of sp³-hybridized carbons (Fsp3) is 0.0769. The zero-order valence-corrected chi connectivity index (χ0v) is 10.2.